The molecule has 1 aromatic heterocycles. The molecular weight excluding hydrogens is 403 g/mol. The third-order valence-electron chi connectivity index (χ3n) is 5.45. The van der Waals surface area contributed by atoms with Crippen molar-refractivity contribution in [2.75, 3.05) is 4.90 Å². The molecule has 0 unspecified atom stereocenters. The number of anilines is 1. The number of amides is 1. The lowest BCUT2D eigenvalue weighted by atomic mass is 10.0. The fourth-order valence-corrected chi connectivity index (χ4v) is 4.31. The molecule has 3 aromatic carbocycles. The minimum absolute atomic E-state index is 0.0299. The second-order valence-corrected chi connectivity index (χ2v) is 7.84. The van der Waals surface area contributed by atoms with E-state index in [-0.39, 0.29) is 30.2 Å². The van der Waals surface area contributed by atoms with Crippen LogP contribution in [0.15, 0.2) is 72.9 Å². The van der Waals surface area contributed by atoms with E-state index in [1.165, 1.54) is 12.1 Å². The van der Waals surface area contributed by atoms with Crippen molar-refractivity contribution in [1.82, 2.24) is 9.78 Å². The summed E-state index contributed by atoms with van der Waals surface area (Å²) in [5.41, 5.74) is 9.61. The minimum Gasteiger partial charge on any atom is -0.325 e. The van der Waals surface area contributed by atoms with Gasteiger partial charge in [0.15, 0.2) is 0 Å². The Bertz CT molecular complexity index is 1250. The average molecular weight is 421 g/mol. The van der Waals surface area contributed by atoms with Gasteiger partial charge in [-0.05, 0) is 60.2 Å². The highest BCUT2D eigenvalue weighted by atomic mass is 35.5. The highest BCUT2D eigenvalue weighted by Crippen LogP contribution is 2.38. The van der Waals surface area contributed by atoms with Crippen molar-refractivity contribution in [2.45, 2.75) is 18.5 Å². The van der Waals surface area contributed by atoms with E-state index in [0.717, 1.165) is 27.8 Å². The van der Waals surface area contributed by atoms with Gasteiger partial charge in [0.1, 0.15) is 5.82 Å². The summed E-state index contributed by atoms with van der Waals surface area (Å²) in [6.07, 6.45) is 2.00. The second kappa shape index (κ2) is 7.23. The van der Waals surface area contributed by atoms with E-state index >= 15 is 0 Å². The Balaban J connectivity index is 1.56. The van der Waals surface area contributed by atoms with Gasteiger partial charge in [-0.25, -0.2) is 9.07 Å². The van der Waals surface area contributed by atoms with Crippen LogP contribution >= 0.6 is 11.6 Å². The first-order valence-electron chi connectivity index (χ1n) is 9.58. The largest absolute Gasteiger partial charge is 0.325 e. The van der Waals surface area contributed by atoms with Crippen molar-refractivity contribution in [1.29, 1.82) is 0 Å². The van der Waals surface area contributed by atoms with Gasteiger partial charge in [0, 0.05) is 28.6 Å². The molecule has 150 valence electrons. The maximum absolute atomic E-state index is 13.3. The summed E-state index contributed by atoms with van der Waals surface area (Å²) >= 11 is 6.17. The normalized spacial score (nSPS) is 19.0. The zero-order valence-corrected chi connectivity index (χ0v) is 16.6. The van der Waals surface area contributed by atoms with Crippen LogP contribution in [0.5, 0.6) is 0 Å². The number of carbonyl (C=O) groups is 1. The number of hydrogen-bond donors (Lipinski definition) is 1. The van der Waals surface area contributed by atoms with E-state index in [0.29, 0.717) is 5.02 Å². The monoisotopic (exact) mass is 420 g/mol. The molecule has 0 radical (unpaired) electrons. The summed E-state index contributed by atoms with van der Waals surface area (Å²) in [6.45, 7) is 0. The Kier molecular flexibility index (Phi) is 4.53. The molecule has 7 heteroatoms. The average Bonchev–Trinajstić information content (AvgIpc) is 3.28. The van der Waals surface area contributed by atoms with Crippen molar-refractivity contribution in [3.8, 4) is 5.69 Å². The van der Waals surface area contributed by atoms with E-state index < -0.39 is 0 Å². The molecule has 1 aliphatic heterocycles. The zero-order valence-electron chi connectivity index (χ0n) is 15.9. The van der Waals surface area contributed by atoms with Crippen LogP contribution < -0.4 is 10.6 Å². The van der Waals surface area contributed by atoms with Crippen LogP contribution in [0.2, 0.25) is 5.02 Å². The molecule has 4 aromatic rings. The molecule has 0 aliphatic carbocycles. The van der Waals surface area contributed by atoms with E-state index in [1.54, 1.807) is 34.0 Å². The van der Waals surface area contributed by atoms with E-state index in [1.807, 2.05) is 36.4 Å². The SMILES string of the molecule is N[C@@H]1CC(=O)N(c2ccc3c(cnn3-c3ccc(F)cc3)c2)[C@H]1c1cccc(Cl)c1. The van der Waals surface area contributed by atoms with Crippen molar-refractivity contribution >= 4 is 34.1 Å². The predicted octanol–water partition coefficient (Wildman–Crippen LogP) is 4.62. The Morgan fingerprint density at radius 2 is 1.80 bits per heavy atom. The molecule has 0 bridgehead atoms. The molecule has 30 heavy (non-hydrogen) atoms. The molecule has 1 saturated heterocycles. The molecule has 2 heterocycles. The molecule has 0 spiro atoms. The van der Waals surface area contributed by atoms with Gasteiger partial charge in [0.2, 0.25) is 5.91 Å². The first-order valence-corrected chi connectivity index (χ1v) is 9.96. The standard InChI is InChI=1S/C23H18ClFN4O/c24-16-3-1-2-14(10-16)23-20(26)12-22(30)28(23)19-8-9-21-15(11-19)13-27-29(21)18-6-4-17(25)5-7-18/h1-11,13,20,23H,12,26H2/t20-,23+/m1/s1. The van der Waals surface area contributed by atoms with Crippen molar-refractivity contribution in [3.05, 3.63) is 89.3 Å². The Morgan fingerprint density at radius 3 is 2.57 bits per heavy atom. The van der Waals surface area contributed by atoms with E-state index in [4.69, 9.17) is 17.3 Å². The van der Waals surface area contributed by atoms with Crippen molar-refractivity contribution in [2.24, 2.45) is 5.73 Å². The fourth-order valence-electron chi connectivity index (χ4n) is 4.11. The van der Waals surface area contributed by atoms with Crippen LogP contribution in [0.4, 0.5) is 10.1 Å². The minimum atomic E-state index is -0.325. The molecule has 2 atom stereocenters. The molecule has 1 aliphatic rings. The first kappa shape index (κ1) is 18.8. The molecule has 1 fully saturated rings. The Hall–Kier alpha value is -3.22. The molecule has 0 saturated carbocycles. The summed E-state index contributed by atoms with van der Waals surface area (Å²) in [5, 5.41) is 5.91. The van der Waals surface area contributed by atoms with Crippen LogP contribution in [-0.2, 0) is 4.79 Å². The van der Waals surface area contributed by atoms with Crippen molar-refractivity contribution < 1.29 is 9.18 Å². The number of rotatable bonds is 3. The number of benzene rings is 3. The van der Waals surface area contributed by atoms with Gasteiger partial charge in [-0.3, -0.25) is 4.79 Å². The van der Waals surface area contributed by atoms with E-state index in [9.17, 15) is 9.18 Å². The maximum atomic E-state index is 13.3. The quantitative estimate of drug-likeness (QED) is 0.525. The van der Waals surface area contributed by atoms with Crippen LogP contribution in [-0.4, -0.2) is 21.7 Å². The number of fused-ring (bicyclic) bond motifs is 1. The summed E-state index contributed by atoms with van der Waals surface area (Å²) in [6, 6.07) is 18.7. The molecular formula is C23H18ClFN4O. The zero-order chi connectivity index (χ0) is 20.8. The van der Waals surface area contributed by atoms with Gasteiger partial charge in [-0.15, -0.1) is 0 Å². The van der Waals surface area contributed by atoms with Gasteiger partial charge in [0.05, 0.1) is 23.4 Å². The lowest BCUT2D eigenvalue weighted by molar-refractivity contribution is -0.117. The molecule has 5 nitrogen and oxygen atoms in total. The number of aromatic nitrogens is 2. The molecule has 1 amide bonds. The lowest BCUT2D eigenvalue weighted by Gasteiger charge is -2.27. The maximum Gasteiger partial charge on any atom is 0.229 e. The van der Waals surface area contributed by atoms with E-state index in [2.05, 4.69) is 5.10 Å². The van der Waals surface area contributed by atoms with Gasteiger partial charge < -0.3 is 10.6 Å². The highest BCUT2D eigenvalue weighted by Gasteiger charge is 2.39. The number of nitrogens with two attached hydrogens (primary N) is 1. The Labute approximate surface area is 177 Å². The van der Waals surface area contributed by atoms with Gasteiger partial charge in [-0.2, -0.15) is 5.10 Å². The lowest BCUT2D eigenvalue weighted by Crippen LogP contribution is -2.33. The molecule has 5 rings (SSSR count). The molecule has 2 N–H and O–H groups in total. The number of carbonyl (C=O) groups excluding carboxylic acids is 1. The van der Waals surface area contributed by atoms with Gasteiger partial charge in [0.25, 0.3) is 0 Å². The summed E-state index contributed by atoms with van der Waals surface area (Å²) in [4.78, 5) is 14.5. The second-order valence-electron chi connectivity index (χ2n) is 7.41. The fraction of sp³-hybridized carbons (Fsp3) is 0.130. The van der Waals surface area contributed by atoms with Crippen LogP contribution in [0.1, 0.15) is 18.0 Å². The summed E-state index contributed by atoms with van der Waals surface area (Å²) < 4.78 is 15.0. The number of halogens is 2. The summed E-state index contributed by atoms with van der Waals surface area (Å²) in [7, 11) is 0. The first-order chi connectivity index (χ1) is 14.5. The predicted molar refractivity (Wildman–Crippen MR) is 115 cm³/mol. The number of hydrogen-bond acceptors (Lipinski definition) is 3. The van der Waals surface area contributed by atoms with Gasteiger partial charge >= 0.3 is 0 Å². The van der Waals surface area contributed by atoms with Gasteiger partial charge in [-0.1, -0.05) is 23.7 Å². The third-order valence-corrected chi connectivity index (χ3v) is 5.69. The van der Waals surface area contributed by atoms with Crippen LogP contribution in [0.3, 0.4) is 0 Å². The smallest absolute Gasteiger partial charge is 0.229 e. The van der Waals surface area contributed by atoms with Crippen LogP contribution in [0.25, 0.3) is 16.6 Å². The topological polar surface area (TPSA) is 64.2 Å². The highest BCUT2D eigenvalue weighted by molar-refractivity contribution is 6.30. The number of nitrogens with zero attached hydrogens (tertiary/aromatic N) is 3. The summed E-state index contributed by atoms with van der Waals surface area (Å²) in [5.74, 6) is -0.328. The third kappa shape index (κ3) is 3.14. The van der Waals surface area contributed by atoms with Crippen LogP contribution in [0, 0.1) is 5.82 Å². The van der Waals surface area contributed by atoms with Crippen molar-refractivity contribution in [3.63, 3.8) is 0 Å². The Morgan fingerprint density at radius 1 is 1.03 bits per heavy atom.